The van der Waals surface area contributed by atoms with Crippen LogP contribution in [0.3, 0.4) is 0 Å². The first kappa shape index (κ1) is 15.0. The smallest absolute Gasteiger partial charge is 0.269 e. The molecule has 0 aliphatic rings. The van der Waals surface area contributed by atoms with Crippen molar-refractivity contribution < 1.29 is 4.79 Å². The van der Waals surface area contributed by atoms with Crippen LogP contribution in [0.4, 0.5) is 0 Å². The second-order valence-electron chi connectivity index (χ2n) is 3.46. The maximum absolute atomic E-state index is 11.9. The van der Waals surface area contributed by atoms with Crippen molar-refractivity contribution >= 4 is 46.4 Å². The van der Waals surface area contributed by atoms with E-state index in [1.165, 1.54) is 11.1 Å². The number of nitrogens with one attached hydrogen (secondary N) is 2. The third-order valence-corrected chi connectivity index (χ3v) is 3.24. The maximum Gasteiger partial charge on any atom is 0.269 e. The van der Waals surface area contributed by atoms with Gasteiger partial charge in [0.15, 0.2) is 5.11 Å². The van der Waals surface area contributed by atoms with Crippen molar-refractivity contribution in [1.29, 1.82) is 0 Å². The fourth-order valence-corrected chi connectivity index (χ4v) is 1.66. The van der Waals surface area contributed by atoms with Gasteiger partial charge in [-0.1, -0.05) is 23.2 Å². The summed E-state index contributed by atoms with van der Waals surface area (Å²) < 4.78 is 0. The van der Waals surface area contributed by atoms with E-state index in [1.54, 1.807) is 19.2 Å². The Bertz CT molecular complexity index is 468. The Kier molecular flexibility index (Phi) is 5.65. The molecule has 0 atom stereocenters. The van der Waals surface area contributed by atoms with Gasteiger partial charge in [0.2, 0.25) is 0 Å². The normalized spacial score (nSPS) is 9.78. The lowest BCUT2D eigenvalue weighted by Gasteiger charge is -2.21. The van der Waals surface area contributed by atoms with Crippen LogP contribution in [-0.2, 0) is 0 Å². The summed E-state index contributed by atoms with van der Waals surface area (Å²) in [6.07, 6.45) is 0. The van der Waals surface area contributed by atoms with Crippen LogP contribution in [0, 0.1) is 0 Å². The summed E-state index contributed by atoms with van der Waals surface area (Å²) in [6.45, 7) is 2.60. The van der Waals surface area contributed by atoms with Crippen LogP contribution in [0.5, 0.6) is 0 Å². The highest BCUT2D eigenvalue weighted by Crippen LogP contribution is 2.22. The molecule has 0 spiro atoms. The van der Waals surface area contributed by atoms with Crippen molar-refractivity contribution in [1.82, 2.24) is 15.8 Å². The molecule has 0 aromatic heterocycles. The number of hydrogen-bond donors (Lipinski definition) is 2. The summed E-state index contributed by atoms with van der Waals surface area (Å²) in [5, 5.41) is 5.53. The van der Waals surface area contributed by atoms with Crippen molar-refractivity contribution in [3.63, 3.8) is 0 Å². The predicted molar refractivity (Wildman–Crippen MR) is 78.0 cm³/mol. The van der Waals surface area contributed by atoms with E-state index in [0.717, 1.165) is 0 Å². The Balaban J connectivity index is 2.70. The van der Waals surface area contributed by atoms with E-state index in [0.29, 0.717) is 27.3 Å². The van der Waals surface area contributed by atoms with Crippen molar-refractivity contribution in [2.45, 2.75) is 6.92 Å². The van der Waals surface area contributed by atoms with E-state index in [-0.39, 0.29) is 5.91 Å². The number of hydrazine groups is 1. The van der Waals surface area contributed by atoms with Crippen LogP contribution in [0.1, 0.15) is 17.3 Å². The molecule has 0 saturated heterocycles. The monoisotopic (exact) mass is 305 g/mol. The molecule has 0 fully saturated rings. The van der Waals surface area contributed by atoms with Gasteiger partial charge in [0.05, 0.1) is 10.0 Å². The first-order valence-corrected chi connectivity index (χ1v) is 6.39. The fraction of sp³-hybridized carbons (Fsp3) is 0.273. The van der Waals surface area contributed by atoms with E-state index in [9.17, 15) is 4.79 Å². The number of nitrogens with zero attached hydrogens (tertiary/aromatic N) is 1. The van der Waals surface area contributed by atoms with Crippen LogP contribution in [0.2, 0.25) is 10.0 Å². The van der Waals surface area contributed by atoms with Crippen LogP contribution in [0.15, 0.2) is 18.2 Å². The second-order valence-corrected chi connectivity index (χ2v) is 4.67. The zero-order valence-corrected chi connectivity index (χ0v) is 12.3. The number of benzene rings is 1. The molecule has 1 amide bonds. The van der Waals surface area contributed by atoms with Crippen LogP contribution in [0.25, 0.3) is 0 Å². The van der Waals surface area contributed by atoms with Crippen LogP contribution >= 0.6 is 35.4 Å². The van der Waals surface area contributed by atoms with Gasteiger partial charge in [-0.25, -0.2) is 0 Å². The average molecular weight is 306 g/mol. The Morgan fingerprint density at radius 2 is 2.06 bits per heavy atom. The van der Waals surface area contributed by atoms with E-state index >= 15 is 0 Å². The molecule has 0 saturated carbocycles. The Morgan fingerprint density at radius 1 is 1.39 bits per heavy atom. The molecule has 18 heavy (non-hydrogen) atoms. The lowest BCUT2D eigenvalue weighted by atomic mass is 10.2. The van der Waals surface area contributed by atoms with Gasteiger partial charge in [0.25, 0.3) is 5.91 Å². The lowest BCUT2D eigenvalue weighted by molar-refractivity contribution is 0.0886. The van der Waals surface area contributed by atoms with E-state index < -0.39 is 0 Å². The molecular formula is C11H13Cl2N3OS. The topological polar surface area (TPSA) is 44.4 Å². The standard InChI is InChI=1S/C11H13Cl2N3OS/c1-3-14-11(18)16(2)15-10(17)7-4-5-8(12)9(13)6-7/h4-6H,3H2,1-2H3,(H,14,18)(H,15,17). The molecule has 1 aromatic carbocycles. The summed E-state index contributed by atoms with van der Waals surface area (Å²) in [5.74, 6) is -0.309. The molecule has 0 heterocycles. The third-order valence-electron chi connectivity index (χ3n) is 2.08. The number of hydrogen-bond acceptors (Lipinski definition) is 2. The lowest BCUT2D eigenvalue weighted by Crippen LogP contribution is -2.48. The van der Waals surface area contributed by atoms with Gasteiger partial charge in [-0.3, -0.25) is 15.2 Å². The van der Waals surface area contributed by atoms with Gasteiger partial charge in [-0.15, -0.1) is 0 Å². The summed E-state index contributed by atoms with van der Waals surface area (Å²) >= 11 is 16.7. The summed E-state index contributed by atoms with van der Waals surface area (Å²) in [4.78, 5) is 11.9. The zero-order chi connectivity index (χ0) is 13.7. The Morgan fingerprint density at radius 3 is 2.61 bits per heavy atom. The first-order chi connectivity index (χ1) is 8.45. The fourth-order valence-electron chi connectivity index (χ4n) is 1.17. The highest BCUT2D eigenvalue weighted by atomic mass is 35.5. The third kappa shape index (κ3) is 4.01. The molecule has 0 unspecified atom stereocenters. The quantitative estimate of drug-likeness (QED) is 0.651. The van der Waals surface area contributed by atoms with Gasteiger partial charge in [0.1, 0.15) is 0 Å². The van der Waals surface area contributed by atoms with Gasteiger partial charge < -0.3 is 5.32 Å². The molecule has 0 radical (unpaired) electrons. The molecule has 4 nitrogen and oxygen atoms in total. The minimum atomic E-state index is -0.309. The number of amides is 1. The first-order valence-electron chi connectivity index (χ1n) is 5.23. The van der Waals surface area contributed by atoms with Gasteiger partial charge >= 0.3 is 0 Å². The number of thiocarbonyl (C=S) groups is 1. The van der Waals surface area contributed by atoms with Gasteiger partial charge in [0, 0.05) is 19.2 Å². The summed E-state index contributed by atoms with van der Waals surface area (Å²) in [7, 11) is 1.65. The molecule has 0 bridgehead atoms. The Labute approximate surface area is 121 Å². The molecule has 98 valence electrons. The average Bonchev–Trinajstić information content (AvgIpc) is 2.32. The van der Waals surface area contributed by atoms with E-state index in [2.05, 4.69) is 10.7 Å². The van der Waals surface area contributed by atoms with E-state index in [4.69, 9.17) is 35.4 Å². The van der Waals surface area contributed by atoms with E-state index in [1.807, 2.05) is 6.92 Å². The molecule has 0 aliphatic heterocycles. The minimum absolute atomic E-state index is 0.309. The zero-order valence-electron chi connectivity index (χ0n) is 9.96. The highest BCUT2D eigenvalue weighted by Gasteiger charge is 2.11. The predicted octanol–water partition coefficient (Wildman–Crippen LogP) is 2.46. The Hall–Kier alpha value is -1.04. The molecular weight excluding hydrogens is 293 g/mol. The largest absolute Gasteiger partial charge is 0.361 e. The molecule has 1 aromatic rings. The van der Waals surface area contributed by atoms with Gasteiger partial charge in [-0.05, 0) is 37.3 Å². The highest BCUT2D eigenvalue weighted by molar-refractivity contribution is 7.80. The number of carbonyl (C=O) groups is 1. The van der Waals surface area contributed by atoms with Crippen molar-refractivity contribution in [3.05, 3.63) is 33.8 Å². The maximum atomic E-state index is 11.9. The van der Waals surface area contributed by atoms with Crippen molar-refractivity contribution in [2.75, 3.05) is 13.6 Å². The summed E-state index contributed by atoms with van der Waals surface area (Å²) in [6, 6.07) is 4.67. The van der Waals surface area contributed by atoms with Crippen molar-refractivity contribution in [3.8, 4) is 0 Å². The minimum Gasteiger partial charge on any atom is -0.361 e. The molecule has 2 N–H and O–H groups in total. The van der Waals surface area contributed by atoms with Gasteiger partial charge in [-0.2, -0.15) is 0 Å². The molecule has 1 rings (SSSR count). The number of carbonyl (C=O) groups excluding carboxylic acids is 1. The van der Waals surface area contributed by atoms with Crippen molar-refractivity contribution in [2.24, 2.45) is 0 Å². The molecule has 0 aliphatic carbocycles. The molecule has 7 heteroatoms. The second kappa shape index (κ2) is 6.78. The SMILES string of the molecule is CCNC(=S)N(C)NC(=O)c1ccc(Cl)c(Cl)c1. The number of halogens is 2. The van der Waals surface area contributed by atoms with Crippen LogP contribution < -0.4 is 10.7 Å². The summed E-state index contributed by atoms with van der Waals surface area (Å²) in [5.41, 5.74) is 3.03. The van der Waals surface area contributed by atoms with Crippen LogP contribution in [-0.4, -0.2) is 29.6 Å². The number of rotatable bonds is 2.